The molecule has 1 N–H and O–H groups in total. The van der Waals surface area contributed by atoms with E-state index in [0.717, 1.165) is 17.3 Å². The summed E-state index contributed by atoms with van der Waals surface area (Å²) >= 11 is 1.08. The van der Waals surface area contributed by atoms with Crippen LogP contribution in [0, 0.1) is 17.0 Å². The number of ether oxygens (including phenoxy) is 2. The molecule has 1 unspecified atom stereocenters. The molecule has 0 spiro atoms. The lowest BCUT2D eigenvalue weighted by atomic mass is 10.2. The lowest BCUT2D eigenvalue weighted by molar-refractivity contribution is -0.385. The number of carbonyl (C=O) groups excluding carboxylic acids is 2. The lowest BCUT2D eigenvalue weighted by Crippen LogP contribution is -2.23. The first-order valence-corrected chi connectivity index (χ1v) is 9.37. The van der Waals surface area contributed by atoms with Crippen LogP contribution in [0.5, 0.6) is 11.5 Å². The van der Waals surface area contributed by atoms with Gasteiger partial charge in [0.2, 0.25) is 11.7 Å². The molecule has 0 aliphatic carbocycles. The number of benzene rings is 2. The molecule has 2 aromatic carbocycles. The molecule has 28 heavy (non-hydrogen) atoms. The zero-order valence-corrected chi connectivity index (χ0v) is 16.4. The number of amides is 1. The summed E-state index contributed by atoms with van der Waals surface area (Å²) in [6.07, 6.45) is 0. The van der Waals surface area contributed by atoms with Gasteiger partial charge >= 0.3 is 11.7 Å². The fourth-order valence-corrected chi connectivity index (χ4v) is 2.80. The number of anilines is 1. The van der Waals surface area contributed by atoms with Crippen molar-refractivity contribution in [1.82, 2.24) is 0 Å². The minimum Gasteiger partial charge on any atom is -0.496 e. The summed E-state index contributed by atoms with van der Waals surface area (Å²) in [4.78, 5) is 34.7. The fraction of sp³-hybridized carbons (Fsp3) is 0.263. The molecule has 0 heterocycles. The molecule has 9 heteroatoms. The lowest BCUT2D eigenvalue weighted by Gasteiger charge is -2.12. The van der Waals surface area contributed by atoms with E-state index < -0.39 is 16.1 Å². The van der Waals surface area contributed by atoms with E-state index in [1.54, 1.807) is 19.1 Å². The molecule has 2 aromatic rings. The molecule has 148 valence electrons. The van der Waals surface area contributed by atoms with Gasteiger partial charge in [-0.25, -0.2) is 0 Å². The van der Waals surface area contributed by atoms with Crippen molar-refractivity contribution in [1.29, 1.82) is 0 Å². The number of nitrogens with one attached hydrogen (secondary N) is 1. The summed E-state index contributed by atoms with van der Waals surface area (Å²) in [5, 5.41) is 13.2. The van der Waals surface area contributed by atoms with Gasteiger partial charge in [-0.3, -0.25) is 19.7 Å². The van der Waals surface area contributed by atoms with Gasteiger partial charge in [-0.15, -0.1) is 11.8 Å². The molecule has 1 amide bonds. The van der Waals surface area contributed by atoms with Crippen molar-refractivity contribution in [2.45, 2.75) is 19.1 Å². The summed E-state index contributed by atoms with van der Waals surface area (Å²) in [6, 6.07) is 11.3. The molecule has 0 fully saturated rings. The van der Waals surface area contributed by atoms with Crippen LogP contribution in [0.25, 0.3) is 0 Å². The average molecular weight is 404 g/mol. The number of nitro groups is 1. The van der Waals surface area contributed by atoms with E-state index in [1.165, 1.54) is 25.3 Å². The molecule has 0 radical (unpaired) electrons. The Hall–Kier alpha value is -3.07. The summed E-state index contributed by atoms with van der Waals surface area (Å²) in [5.41, 5.74) is 1.37. The Morgan fingerprint density at radius 1 is 1.21 bits per heavy atom. The molecule has 1 atom stereocenters. The smallest absolute Gasteiger partial charge is 0.324 e. The van der Waals surface area contributed by atoms with Gasteiger partial charge in [0.1, 0.15) is 11.0 Å². The quantitative estimate of drug-likeness (QED) is 0.310. The third-order valence-electron chi connectivity index (χ3n) is 3.71. The highest BCUT2D eigenvalue weighted by atomic mass is 32.2. The summed E-state index contributed by atoms with van der Waals surface area (Å²) in [7, 11) is 1.38. The van der Waals surface area contributed by atoms with Crippen LogP contribution >= 0.6 is 11.8 Å². The Morgan fingerprint density at radius 2 is 1.89 bits per heavy atom. The van der Waals surface area contributed by atoms with Gasteiger partial charge in [-0.2, -0.15) is 0 Å². The first-order chi connectivity index (χ1) is 13.3. The zero-order valence-electron chi connectivity index (χ0n) is 15.6. The summed E-state index contributed by atoms with van der Waals surface area (Å²) in [5.74, 6) is -0.797. The van der Waals surface area contributed by atoms with Crippen LogP contribution in [0.2, 0.25) is 0 Å². The van der Waals surface area contributed by atoms with Crippen molar-refractivity contribution < 1.29 is 24.0 Å². The van der Waals surface area contributed by atoms with Crippen molar-refractivity contribution >= 4 is 35.0 Å². The van der Waals surface area contributed by atoms with E-state index >= 15 is 0 Å². The van der Waals surface area contributed by atoms with E-state index in [4.69, 9.17) is 9.47 Å². The van der Waals surface area contributed by atoms with Crippen LogP contribution in [0.15, 0.2) is 42.5 Å². The number of methoxy groups -OCH3 is 1. The Bertz CT molecular complexity index is 869. The largest absolute Gasteiger partial charge is 0.496 e. The standard InChI is InChI=1S/C19H20N2O6S/c1-12-4-6-14(7-5-12)20-18(22)11-28-13(2)19(23)27-17-9-8-15(26-3)10-16(17)21(24)25/h4-10,13H,11H2,1-3H3,(H,20,22). The molecular formula is C19H20N2O6S. The van der Waals surface area contributed by atoms with Gasteiger partial charge in [0.05, 0.1) is 23.9 Å². The van der Waals surface area contributed by atoms with Crippen molar-refractivity contribution in [2.24, 2.45) is 0 Å². The first-order valence-electron chi connectivity index (χ1n) is 8.32. The van der Waals surface area contributed by atoms with Gasteiger partial charge in [0.25, 0.3) is 0 Å². The van der Waals surface area contributed by atoms with Crippen LogP contribution in [0.3, 0.4) is 0 Å². The number of carbonyl (C=O) groups is 2. The topological polar surface area (TPSA) is 108 Å². The van der Waals surface area contributed by atoms with E-state index in [-0.39, 0.29) is 28.8 Å². The van der Waals surface area contributed by atoms with E-state index in [1.807, 2.05) is 19.1 Å². The highest BCUT2D eigenvalue weighted by Gasteiger charge is 2.23. The molecule has 8 nitrogen and oxygen atoms in total. The Morgan fingerprint density at radius 3 is 2.50 bits per heavy atom. The maximum atomic E-state index is 12.2. The molecule has 0 bridgehead atoms. The highest BCUT2D eigenvalue weighted by molar-refractivity contribution is 8.01. The number of aryl methyl sites for hydroxylation is 1. The number of hydrogen-bond acceptors (Lipinski definition) is 7. The van der Waals surface area contributed by atoms with Crippen LogP contribution in [-0.4, -0.2) is 34.9 Å². The number of thioether (sulfide) groups is 1. The fourth-order valence-electron chi connectivity index (χ4n) is 2.15. The average Bonchev–Trinajstić information content (AvgIpc) is 2.67. The molecule has 0 saturated carbocycles. The maximum absolute atomic E-state index is 12.2. The van der Waals surface area contributed by atoms with Crippen molar-refractivity contribution in [3.63, 3.8) is 0 Å². The summed E-state index contributed by atoms with van der Waals surface area (Å²) < 4.78 is 10.1. The highest BCUT2D eigenvalue weighted by Crippen LogP contribution is 2.31. The molecule has 2 rings (SSSR count). The van der Waals surface area contributed by atoms with Crippen LogP contribution in [-0.2, 0) is 9.59 Å². The predicted octanol–water partition coefficient (Wildman–Crippen LogP) is 3.58. The van der Waals surface area contributed by atoms with Gasteiger partial charge in [-0.1, -0.05) is 17.7 Å². The Balaban J connectivity index is 1.91. The molecule has 0 aliphatic heterocycles. The maximum Gasteiger partial charge on any atom is 0.324 e. The number of hydrogen-bond donors (Lipinski definition) is 1. The first kappa shape index (κ1) is 21.2. The van der Waals surface area contributed by atoms with Gasteiger partial charge in [0, 0.05) is 5.69 Å². The van der Waals surface area contributed by atoms with Gasteiger partial charge in [-0.05, 0) is 38.1 Å². The van der Waals surface area contributed by atoms with Gasteiger partial charge in [0.15, 0.2) is 0 Å². The predicted molar refractivity (Wildman–Crippen MR) is 107 cm³/mol. The monoisotopic (exact) mass is 404 g/mol. The third kappa shape index (κ3) is 5.98. The second kappa shape index (κ2) is 9.75. The van der Waals surface area contributed by atoms with E-state index in [0.29, 0.717) is 5.69 Å². The Kier molecular flexibility index (Phi) is 7.39. The van der Waals surface area contributed by atoms with Crippen LogP contribution in [0.4, 0.5) is 11.4 Å². The molecular weight excluding hydrogens is 384 g/mol. The number of rotatable bonds is 8. The minimum atomic E-state index is -0.689. The number of nitrogens with zero attached hydrogens (tertiary/aromatic N) is 1. The second-order valence-corrected chi connectivity index (χ2v) is 7.21. The van der Waals surface area contributed by atoms with E-state index in [2.05, 4.69) is 5.32 Å². The number of esters is 1. The minimum absolute atomic E-state index is 0.0366. The van der Waals surface area contributed by atoms with Crippen LogP contribution < -0.4 is 14.8 Å². The van der Waals surface area contributed by atoms with Crippen molar-refractivity contribution in [3.8, 4) is 11.5 Å². The van der Waals surface area contributed by atoms with E-state index in [9.17, 15) is 19.7 Å². The van der Waals surface area contributed by atoms with Gasteiger partial charge < -0.3 is 14.8 Å². The Labute approximate surface area is 166 Å². The normalized spacial score (nSPS) is 11.4. The van der Waals surface area contributed by atoms with Crippen LogP contribution in [0.1, 0.15) is 12.5 Å². The molecule has 0 saturated heterocycles. The number of nitro benzene ring substituents is 1. The SMILES string of the molecule is COc1ccc(OC(=O)C(C)SCC(=O)Nc2ccc(C)cc2)c([N+](=O)[O-])c1. The zero-order chi connectivity index (χ0) is 20.7. The molecule has 0 aliphatic rings. The summed E-state index contributed by atoms with van der Waals surface area (Å²) in [6.45, 7) is 3.52. The third-order valence-corrected chi connectivity index (χ3v) is 4.83. The second-order valence-electron chi connectivity index (χ2n) is 5.88. The molecule has 0 aromatic heterocycles. The van der Waals surface area contributed by atoms with Crippen molar-refractivity contribution in [3.05, 3.63) is 58.1 Å². The van der Waals surface area contributed by atoms with Crippen molar-refractivity contribution in [2.75, 3.05) is 18.2 Å².